The summed E-state index contributed by atoms with van der Waals surface area (Å²) in [7, 11) is 1.63. The first kappa shape index (κ1) is 16.2. The van der Waals surface area contributed by atoms with E-state index in [1.165, 1.54) is 4.90 Å². The summed E-state index contributed by atoms with van der Waals surface area (Å²) >= 11 is 0. The third-order valence-corrected chi connectivity index (χ3v) is 2.76. The van der Waals surface area contributed by atoms with Gasteiger partial charge in [-0.05, 0) is 26.7 Å². The van der Waals surface area contributed by atoms with E-state index in [0.29, 0.717) is 6.04 Å². The average molecular weight is 264 g/mol. The summed E-state index contributed by atoms with van der Waals surface area (Å²) in [5, 5.41) is 2.85. The Morgan fingerprint density at radius 2 is 1.94 bits per heavy atom. The lowest BCUT2D eigenvalue weighted by Crippen LogP contribution is -2.46. The topological polar surface area (TPSA) is 75.4 Å². The van der Waals surface area contributed by atoms with Gasteiger partial charge < -0.3 is 16.0 Å². The minimum atomic E-state index is -0.603. The van der Waals surface area contributed by atoms with Crippen LogP contribution in [0.3, 0.4) is 0 Å². The van der Waals surface area contributed by atoms with Crippen molar-refractivity contribution in [3.63, 3.8) is 0 Å². The Morgan fingerprint density at radius 3 is 2.35 bits per heavy atom. The Hall–Kier alpha value is -0.810. The summed E-state index contributed by atoms with van der Waals surface area (Å²) in [6.45, 7) is 3.95. The largest absolute Gasteiger partial charge is 0.352 e. The van der Waals surface area contributed by atoms with Gasteiger partial charge in [0.15, 0.2) is 0 Å². The zero-order valence-electron chi connectivity index (χ0n) is 10.7. The first-order valence-corrected chi connectivity index (χ1v) is 5.62. The zero-order valence-corrected chi connectivity index (χ0v) is 11.5. The maximum atomic E-state index is 11.9. The number of hydrogen-bond acceptors (Lipinski definition) is 3. The van der Waals surface area contributed by atoms with E-state index in [1.807, 2.05) is 0 Å². The van der Waals surface area contributed by atoms with Crippen molar-refractivity contribution in [1.29, 1.82) is 0 Å². The van der Waals surface area contributed by atoms with Crippen LogP contribution in [0.4, 0.5) is 0 Å². The van der Waals surface area contributed by atoms with Crippen LogP contribution in [0.25, 0.3) is 0 Å². The molecular weight excluding hydrogens is 242 g/mol. The highest BCUT2D eigenvalue weighted by molar-refractivity contribution is 5.87. The monoisotopic (exact) mass is 263 g/mol. The summed E-state index contributed by atoms with van der Waals surface area (Å²) in [6.07, 6.45) is 2.11. The lowest BCUT2D eigenvalue weighted by molar-refractivity contribution is -0.141. The van der Waals surface area contributed by atoms with Gasteiger partial charge in [-0.15, -0.1) is 12.4 Å². The molecule has 0 heterocycles. The van der Waals surface area contributed by atoms with E-state index in [9.17, 15) is 9.59 Å². The summed E-state index contributed by atoms with van der Waals surface area (Å²) in [5.74, 6) is -0.188. The number of carbonyl (C=O) groups excluding carboxylic acids is 2. The summed E-state index contributed by atoms with van der Waals surface area (Å²) < 4.78 is 0. The van der Waals surface area contributed by atoms with Crippen molar-refractivity contribution in [1.82, 2.24) is 10.2 Å². The smallest absolute Gasteiger partial charge is 0.239 e. The fraction of sp³-hybridized carbons (Fsp3) is 0.818. The van der Waals surface area contributed by atoms with Gasteiger partial charge in [0.25, 0.3) is 0 Å². The molecule has 6 heteroatoms. The van der Waals surface area contributed by atoms with E-state index < -0.39 is 5.41 Å². The molecule has 1 saturated carbocycles. The predicted molar refractivity (Wildman–Crippen MR) is 68.9 cm³/mol. The molecule has 0 atom stereocenters. The molecule has 100 valence electrons. The van der Waals surface area contributed by atoms with Gasteiger partial charge in [0.2, 0.25) is 11.8 Å². The number of nitrogens with zero attached hydrogens (tertiary/aromatic N) is 1. The third kappa shape index (κ3) is 4.91. The predicted octanol–water partition coefficient (Wildman–Crippen LogP) is 0.130. The van der Waals surface area contributed by atoms with Gasteiger partial charge in [-0.2, -0.15) is 0 Å². The fourth-order valence-corrected chi connectivity index (χ4v) is 1.39. The van der Waals surface area contributed by atoms with E-state index in [2.05, 4.69) is 5.32 Å². The number of rotatable bonds is 5. The van der Waals surface area contributed by atoms with Crippen LogP contribution >= 0.6 is 12.4 Å². The summed E-state index contributed by atoms with van der Waals surface area (Å²) in [6, 6.07) is 0.332. The van der Waals surface area contributed by atoms with E-state index >= 15 is 0 Å². The van der Waals surface area contributed by atoms with Gasteiger partial charge in [0, 0.05) is 19.6 Å². The Labute approximate surface area is 109 Å². The van der Waals surface area contributed by atoms with Gasteiger partial charge in [-0.25, -0.2) is 0 Å². The van der Waals surface area contributed by atoms with Crippen molar-refractivity contribution in [2.75, 3.05) is 20.1 Å². The third-order valence-electron chi connectivity index (χ3n) is 2.76. The molecule has 0 aromatic carbocycles. The van der Waals surface area contributed by atoms with Crippen LogP contribution in [0.2, 0.25) is 0 Å². The molecule has 2 amide bonds. The lowest BCUT2D eigenvalue weighted by Gasteiger charge is -2.27. The van der Waals surface area contributed by atoms with Crippen LogP contribution in [-0.4, -0.2) is 42.9 Å². The number of nitrogens with one attached hydrogen (secondary N) is 1. The first-order chi connectivity index (χ1) is 7.36. The van der Waals surface area contributed by atoms with Crippen LogP contribution < -0.4 is 11.1 Å². The summed E-state index contributed by atoms with van der Waals surface area (Å²) in [4.78, 5) is 24.8. The van der Waals surface area contributed by atoms with E-state index in [1.54, 1.807) is 20.9 Å². The van der Waals surface area contributed by atoms with Crippen molar-refractivity contribution in [3.05, 3.63) is 0 Å². The Balaban J connectivity index is 0.00000256. The standard InChI is InChI=1S/C11H21N3O2.ClH/c1-11(2,7-12)10(16)14(3)6-9(15)13-8-4-5-8;/h8H,4-7,12H2,1-3H3,(H,13,15);1H. The van der Waals surface area contributed by atoms with Gasteiger partial charge in [-0.3, -0.25) is 9.59 Å². The minimum Gasteiger partial charge on any atom is -0.352 e. The van der Waals surface area contributed by atoms with Crippen molar-refractivity contribution < 1.29 is 9.59 Å². The minimum absolute atomic E-state index is 0. The van der Waals surface area contributed by atoms with Crippen molar-refractivity contribution in [2.45, 2.75) is 32.7 Å². The number of carbonyl (C=O) groups is 2. The van der Waals surface area contributed by atoms with Crippen LogP contribution in [-0.2, 0) is 9.59 Å². The molecule has 0 saturated heterocycles. The van der Waals surface area contributed by atoms with Gasteiger partial charge in [-0.1, -0.05) is 0 Å². The molecular formula is C11H22ClN3O2. The second-order valence-electron chi connectivity index (χ2n) is 5.09. The first-order valence-electron chi connectivity index (χ1n) is 5.62. The zero-order chi connectivity index (χ0) is 12.3. The number of halogens is 1. The highest BCUT2D eigenvalue weighted by Gasteiger charge is 2.30. The molecule has 1 aliphatic rings. The molecule has 1 rings (SSSR count). The molecule has 0 aromatic rings. The highest BCUT2D eigenvalue weighted by atomic mass is 35.5. The average Bonchev–Trinajstić information content (AvgIpc) is 3.00. The van der Waals surface area contributed by atoms with Crippen LogP contribution in [0.1, 0.15) is 26.7 Å². The fourth-order valence-electron chi connectivity index (χ4n) is 1.39. The molecule has 3 N–H and O–H groups in total. The maximum Gasteiger partial charge on any atom is 0.239 e. The molecule has 0 unspecified atom stereocenters. The quantitative estimate of drug-likeness (QED) is 0.740. The molecule has 1 aliphatic carbocycles. The molecule has 5 nitrogen and oxygen atoms in total. The molecule has 0 aliphatic heterocycles. The van der Waals surface area contributed by atoms with Gasteiger partial charge in [0.1, 0.15) is 0 Å². The highest BCUT2D eigenvalue weighted by Crippen LogP contribution is 2.19. The van der Waals surface area contributed by atoms with E-state index in [4.69, 9.17) is 5.73 Å². The Kier molecular flexibility index (Phi) is 5.92. The number of hydrogen-bond donors (Lipinski definition) is 2. The molecule has 0 aromatic heterocycles. The normalized spacial score (nSPS) is 14.8. The Bertz CT molecular complexity index is 290. The number of amides is 2. The number of likely N-dealkylation sites (N-methyl/N-ethyl adjacent to an activating group) is 1. The Morgan fingerprint density at radius 1 is 1.41 bits per heavy atom. The molecule has 0 bridgehead atoms. The molecule has 17 heavy (non-hydrogen) atoms. The van der Waals surface area contributed by atoms with Gasteiger partial charge >= 0.3 is 0 Å². The van der Waals surface area contributed by atoms with E-state index in [-0.39, 0.29) is 37.3 Å². The van der Waals surface area contributed by atoms with Crippen molar-refractivity contribution in [3.8, 4) is 0 Å². The molecule has 1 fully saturated rings. The second-order valence-corrected chi connectivity index (χ2v) is 5.09. The van der Waals surface area contributed by atoms with Crippen molar-refractivity contribution >= 4 is 24.2 Å². The van der Waals surface area contributed by atoms with E-state index in [0.717, 1.165) is 12.8 Å². The van der Waals surface area contributed by atoms with Crippen LogP contribution in [0, 0.1) is 5.41 Å². The van der Waals surface area contributed by atoms with Crippen molar-refractivity contribution in [2.24, 2.45) is 11.1 Å². The van der Waals surface area contributed by atoms with Crippen LogP contribution in [0.5, 0.6) is 0 Å². The van der Waals surface area contributed by atoms with Gasteiger partial charge in [0.05, 0.1) is 12.0 Å². The molecule has 0 spiro atoms. The van der Waals surface area contributed by atoms with Crippen LogP contribution in [0.15, 0.2) is 0 Å². The second kappa shape index (κ2) is 6.21. The SMILES string of the molecule is CN(CC(=O)NC1CC1)C(=O)C(C)(C)CN.Cl. The molecule has 0 radical (unpaired) electrons. The summed E-state index contributed by atoms with van der Waals surface area (Å²) in [5.41, 5.74) is 4.92. The number of nitrogens with two attached hydrogens (primary N) is 1. The lowest BCUT2D eigenvalue weighted by atomic mass is 9.92. The maximum absolute atomic E-state index is 11.9.